The molecule has 3 N–H and O–H groups in total. The summed E-state index contributed by atoms with van der Waals surface area (Å²) in [4.78, 5) is 16.2. The van der Waals surface area contributed by atoms with Crippen molar-refractivity contribution in [2.45, 2.75) is 44.6 Å². The number of halogens is 2. The van der Waals surface area contributed by atoms with Crippen molar-refractivity contribution in [3.05, 3.63) is 71.3 Å². The van der Waals surface area contributed by atoms with Gasteiger partial charge in [0.1, 0.15) is 27.7 Å². The van der Waals surface area contributed by atoms with Crippen LogP contribution in [-0.4, -0.2) is 46.7 Å². The number of guanidine groups is 1. The van der Waals surface area contributed by atoms with Gasteiger partial charge in [0.15, 0.2) is 0 Å². The van der Waals surface area contributed by atoms with Gasteiger partial charge in [-0.15, -0.1) is 4.99 Å². The van der Waals surface area contributed by atoms with Crippen LogP contribution in [-0.2, 0) is 9.67 Å². The molecule has 8 nitrogen and oxygen atoms in total. The number of carbonyl (C=O) groups excluding carboxylic acids is 1. The lowest BCUT2D eigenvalue weighted by atomic mass is 9.88. The van der Waals surface area contributed by atoms with Crippen molar-refractivity contribution in [1.29, 1.82) is 5.26 Å². The summed E-state index contributed by atoms with van der Waals surface area (Å²) in [6, 6.07) is 12.2. The summed E-state index contributed by atoms with van der Waals surface area (Å²) in [7, 11) is 1.63. The molecule has 2 aromatic carbocycles. The fraction of sp³-hybridized carbons (Fsp3) is 0.385. The lowest BCUT2D eigenvalue weighted by Crippen LogP contribution is -2.49. The Hall–Kier alpha value is -3.49. The van der Waals surface area contributed by atoms with E-state index in [0.29, 0.717) is 30.9 Å². The quantitative estimate of drug-likeness (QED) is 0.218. The molecule has 3 rings (SSSR count). The van der Waals surface area contributed by atoms with E-state index < -0.39 is 33.9 Å². The number of rotatable bonds is 7. The number of hydrazone groups is 1. The summed E-state index contributed by atoms with van der Waals surface area (Å²) in [5.74, 6) is -1.66. The first-order valence-electron chi connectivity index (χ1n) is 11.7. The van der Waals surface area contributed by atoms with Crippen LogP contribution in [0.25, 0.3) is 0 Å². The second kappa shape index (κ2) is 11.7. The van der Waals surface area contributed by atoms with Crippen molar-refractivity contribution < 1.29 is 18.7 Å². The molecule has 0 saturated heterocycles. The summed E-state index contributed by atoms with van der Waals surface area (Å²) in [6.07, 6.45) is 1.14. The van der Waals surface area contributed by atoms with Gasteiger partial charge < -0.3 is 15.7 Å². The predicted molar refractivity (Wildman–Crippen MR) is 140 cm³/mol. The number of hydrogen-bond acceptors (Lipinski definition) is 6. The van der Waals surface area contributed by atoms with Crippen molar-refractivity contribution in [3.8, 4) is 6.19 Å². The standard InChI is InChI=1S/C26H30F2N6O2S/c1-25(2,3)21(35)23(36)34-26(17-9-6-5-7-10-17,13-8-14-31-24(30-4)32-16-29)37-22(33-34)19-15-18(27)11-12-20(19)28/h5-7,9-12,15,21,35H,8,13-14H2,1-4H3,(H2,30,31,32)/t21-,26?/m1/s1. The molecule has 0 radical (unpaired) electrons. The predicted octanol–water partition coefficient (Wildman–Crippen LogP) is 3.89. The van der Waals surface area contributed by atoms with E-state index in [-0.39, 0.29) is 10.6 Å². The van der Waals surface area contributed by atoms with Gasteiger partial charge in [0.2, 0.25) is 12.2 Å². The fourth-order valence-electron chi connectivity index (χ4n) is 3.83. The van der Waals surface area contributed by atoms with Crippen LogP contribution in [0.1, 0.15) is 44.7 Å². The van der Waals surface area contributed by atoms with Crippen LogP contribution in [0.5, 0.6) is 0 Å². The van der Waals surface area contributed by atoms with Gasteiger partial charge in [0.05, 0.1) is 0 Å². The molecule has 0 aliphatic carbocycles. The molecule has 2 atom stereocenters. The second-order valence-electron chi connectivity index (χ2n) is 9.54. The normalized spacial score (nSPS) is 18.7. The molecule has 11 heteroatoms. The van der Waals surface area contributed by atoms with Gasteiger partial charge in [0, 0.05) is 19.2 Å². The minimum atomic E-state index is -1.39. The minimum Gasteiger partial charge on any atom is -0.383 e. The van der Waals surface area contributed by atoms with Crippen LogP contribution >= 0.6 is 11.8 Å². The molecule has 1 aliphatic heterocycles. The number of thioether (sulfide) groups is 1. The molecule has 2 aromatic rings. The molecule has 196 valence electrons. The molecular formula is C26H30F2N6O2S. The first kappa shape index (κ1) is 28.1. The van der Waals surface area contributed by atoms with E-state index in [9.17, 15) is 18.7 Å². The Morgan fingerprint density at radius 3 is 2.59 bits per heavy atom. The number of nitriles is 1. The number of hydrogen-bond donors (Lipinski definition) is 3. The zero-order chi connectivity index (χ0) is 27.2. The van der Waals surface area contributed by atoms with Gasteiger partial charge in [-0.25, -0.2) is 13.8 Å². The fourth-order valence-corrected chi connectivity index (χ4v) is 5.25. The Morgan fingerprint density at radius 1 is 1.27 bits per heavy atom. The highest BCUT2D eigenvalue weighted by molar-refractivity contribution is 8.15. The molecule has 37 heavy (non-hydrogen) atoms. The molecule has 1 heterocycles. The number of nitrogens with zero attached hydrogens (tertiary/aromatic N) is 4. The number of benzene rings is 2. The van der Waals surface area contributed by atoms with Crippen molar-refractivity contribution >= 4 is 28.7 Å². The summed E-state index contributed by atoms with van der Waals surface area (Å²) in [6.45, 7) is 5.59. The Bertz CT molecular complexity index is 1230. The molecule has 0 aromatic heterocycles. The third-order valence-electron chi connectivity index (χ3n) is 5.83. The third kappa shape index (κ3) is 6.26. The molecule has 0 saturated carbocycles. The topological polar surface area (TPSA) is 113 Å². The van der Waals surface area contributed by atoms with Gasteiger partial charge in [0.25, 0.3) is 5.91 Å². The van der Waals surface area contributed by atoms with Gasteiger partial charge in [-0.1, -0.05) is 62.9 Å². The third-order valence-corrected chi connectivity index (χ3v) is 7.27. The number of nitrogens with one attached hydrogen (secondary N) is 2. The van der Waals surface area contributed by atoms with Crippen molar-refractivity contribution in [1.82, 2.24) is 15.6 Å². The Balaban J connectivity index is 2.07. The SMILES string of the molecule is CN/C(=N/C#N)NCCCC1(c2ccccc2)SC(c2cc(F)ccc2F)=NN1C(=O)[C@@H](O)C(C)(C)C. The van der Waals surface area contributed by atoms with Gasteiger partial charge in [-0.05, 0) is 42.0 Å². The Labute approximate surface area is 219 Å². The molecule has 0 fully saturated rings. The van der Waals surface area contributed by atoms with Crippen LogP contribution < -0.4 is 10.6 Å². The van der Waals surface area contributed by atoms with E-state index in [0.717, 1.165) is 30.0 Å². The highest BCUT2D eigenvalue weighted by Gasteiger charge is 2.51. The number of aliphatic hydroxyl groups excluding tert-OH is 1. The first-order chi connectivity index (χ1) is 17.5. The van der Waals surface area contributed by atoms with Crippen LogP contribution in [0, 0.1) is 28.5 Å². The average molecular weight is 529 g/mol. The zero-order valence-electron chi connectivity index (χ0n) is 21.1. The monoisotopic (exact) mass is 528 g/mol. The number of carbonyl (C=O) groups is 1. The van der Waals surface area contributed by atoms with Crippen LogP contribution in [0.4, 0.5) is 8.78 Å². The number of aliphatic imine (C=N–C) groups is 1. The summed E-state index contributed by atoms with van der Waals surface area (Å²) < 4.78 is 28.9. The van der Waals surface area contributed by atoms with Crippen molar-refractivity contribution in [2.24, 2.45) is 15.5 Å². The van der Waals surface area contributed by atoms with Crippen LogP contribution in [0.15, 0.2) is 58.6 Å². The Morgan fingerprint density at radius 2 is 1.97 bits per heavy atom. The van der Waals surface area contributed by atoms with E-state index in [1.807, 2.05) is 30.3 Å². The minimum absolute atomic E-state index is 0.0670. The summed E-state index contributed by atoms with van der Waals surface area (Å²) in [5, 5.41) is 31.4. The van der Waals surface area contributed by atoms with Crippen LogP contribution in [0.3, 0.4) is 0 Å². The lowest BCUT2D eigenvalue weighted by molar-refractivity contribution is -0.149. The second-order valence-corrected chi connectivity index (χ2v) is 10.8. The molecular weight excluding hydrogens is 498 g/mol. The smallest absolute Gasteiger partial charge is 0.273 e. The largest absolute Gasteiger partial charge is 0.383 e. The van der Waals surface area contributed by atoms with E-state index in [1.54, 1.807) is 34.0 Å². The molecule has 0 bridgehead atoms. The summed E-state index contributed by atoms with van der Waals surface area (Å²) in [5.41, 5.74) is -0.143. The van der Waals surface area contributed by atoms with Gasteiger partial charge in [-0.2, -0.15) is 10.4 Å². The maximum absolute atomic E-state index is 14.8. The van der Waals surface area contributed by atoms with E-state index in [4.69, 9.17) is 5.26 Å². The Kier molecular flexibility index (Phi) is 8.89. The highest BCUT2D eigenvalue weighted by atomic mass is 32.2. The van der Waals surface area contributed by atoms with E-state index >= 15 is 0 Å². The van der Waals surface area contributed by atoms with Gasteiger partial charge >= 0.3 is 0 Å². The maximum atomic E-state index is 14.8. The molecule has 1 unspecified atom stereocenters. The van der Waals surface area contributed by atoms with Crippen molar-refractivity contribution in [2.75, 3.05) is 13.6 Å². The van der Waals surface area contributed by atoms with Crippen LogP contribution in [0.2, 0.25) is 0 Å². The average Bonchev–Trinajstić information content (AvgIpc) is 3.27. The number of aliphatic hydroxyl groups is 1. The molecule has 1 amide bonds. The van der Waals surface area contributed by atoms with Gasteiger partial charge in [-0.3, -0.25) is 4.79 Å². The first-order valence-corrected chi connectivity index (χ1v) is 12.5. The van der Waals surface area contributed by atoms with E-state index in [2.05, 4.69) is 20.7 Å². The van der Waals surface area contributed by atoms with Crippen molar-refractivity contribution in [3.63, 3.8) is 0 Å². The van der Waals surface area contributed by atoms with E-state index in [1.165, 1.54) is 5.01 Å². The highest BCUT2D eigenvalue weighted by Crippen LogP contribution is 2.51. The molecule has 1 aliphatic rings. The zero-order valence-corrected chi connectivity index (χ0v) is 21.9. The summed E-state index contributed by atoms with van der Waals surface area (Å²) >= 11 is 1.14. The molecule has 0 spiro atoms. The maximum Gasteiger partial charge on any atom is 0.273 e. The number of amides is 1. The lowest BCUT2D eigenvalue weighted by Gasteiger charge is -2.38.